The molecule has 0 aromatic heterocycles. The number of hydrogen-bond donors (Lipinski definition) is 0. The second-order valence-corrected chi connectivity index (χ2v) is 5.59. The molecule has 17 heavy (non-hydrogen) atoms. The van der Waals surface area contributed by atoms with Crippen molar-refractivity contribution in [3.8, 4) is 0 Å². The minimum atomic E-state index is 1.09. The van der Waals surface area contributed by atoms with Crippen LogP contribution in [0.3, 0.4) is 0 Å². The fourth-order valence-corrected chi connectivity index (χ4v) is 3.12. The maximum atomic E-state index is 3.63. The molecular formula is C15H16BrN. The molecule has 0 spiro atoms. The molecule has 1 aliphatic rings. The van der Waals surface area contributed by atoms with Crippen molar-refractivity contribution >= 4 is 26.7 Å². The van der Waals surface area contributed by atoms with E-state index in [1.54, 1.807) is 0 Å². The molecule has 0 saturated carbocycles. The second kappa shape index (κ2) is 4.79. The van der Waals surface area contributed by atoms with Crippen LogP contribution in [0.2, 0.25) is 0 Å². The van der Waals surface area contributed by atoms with Gasteiger partial charge in [0.25, 0.3) is 0 Å². The number of fused-ring (bicyclic) bond motifs is 1. The third kappa shape index (κ3) is 2.24. The van der Waals surface area contributed by atoms with Crippen LogP contribution in [-0.2, 0) is 6.54 Å². The van der Waals surface area contributed by atoms with Gasteiger partial charge in [-0.05, 0) is 48.3 Å². The van der Waals surface area contributed by atoms with E-state index in [0.29, 0.717) is 0 Å². The second-order valence-electron chi connectivity index (χ2n) is 4.74. The van der Waals surface area contributed by atoms with Crippen molar-refractivity contribution in [3.63, 3.8) is 0 Å². The molecule has 3 rings (SSSR count). The molecule has 1 aliphatic heterocycles. The van der Waals surface area contributed by atoms with E-state index in [4.69, 9.17) is 0 Å². The highest BCUT2D eigenvalue weighted by Gasteiger charge is 2.13. The van der Waals surface area contributed by atoms with Crippen LogP contribution >= 0.6 is 15.9 Å². The zero-order chi connectivity index (χ0) is 11.7. The van der Waals surface area contributed by atoms with Crippen LogP contribution in [0.25, 0.3) is 10.8 Å². The van der Waals surface area contributed by atoms with Gasteiger partial charge < -0.3 is 0 Å². The minimum Gasteiger partial charge on any atom is -0.299 e. The summed E-state index contributed by atoms with van der Waals surface area (Å²) in [4.78, 5) is 2.55. The molecule has 1 fully saturated rings. The highest BCUT2D eigenvalue weighted by molar-refractivity contribution is 9.10. The lowest BCUT2D eigenvalue weighted by atomic mass is 10.0. The molecular weight excluding hydrogens is 274 g/mol. The van der Waals surface area contributed by atoms with Crippen LogP contribution in [-0.4, -0.2) is 18.0 Å². The van der Waals surface area contributed by atoms with Crippen LogP contribution < -0.4 is 0 Å². The third-order valence-corrected chi connectivity index (χ3v) is 4.25. The normalized spacial score (nSPS) is 16.8. The number of likely N-dealkylation sites (tertiary alicyclic amines) is 1. The molecule has 0 bridgehead atoms. The van der Waals surface area contributed by atoms with Crippen molar-refractivity contribution in [2.24, 2.45) is 0 Å². The molecule has 88 valence electrons. The van der Waals surface area contributed by atoms with Gasteiger partial charge in [0.05, 0.1) is 0 Å². The molecule has 0 atom stereocenters. The average Bonchev–Trinajstić information content (AvgIpc) is 2.86. The first kappa shape index (κ1) is 11.2. The standard InChI is InChI=1S/C15H16BrN/c16-15-8-7-12(11-17-9-3-4-10-17)13-5-1-2-6-14(13)15/h1-2,5-8H,3-4,9-11H2. The Morgan fingerprint density at radius 3 is 2.41 bits per heavy atom. The molecule has 1 heterocycles. The van der Waals surface area contributed by atoms with Gasteiger partial charge in [0.15, 0.2) is 0 Å². The number of halogens is 1. The van der Waals surface area contributed by atoms with Gasteiger partial charge in [-0.15, -0.1) is 0 Å². The van der Waals surface area contributed by atoms with E-state index < -0.39 is 0 Å². The van der Waals surface area contributed by atoms with Gasteiger partial charge in [0.1, 0.15) is 0 Å². The van der Waals surface area contributed by atoms with Crippen molar-refractivity contribution in [2.45, 2.75) is 19.4 Å². The lowest BCUT2D eigenvalue weighted by Crippen LogP contribution is -2.18. The van der Waals surface area contributed by atoms with E-state index in [1.165, 1.54) is 46.7 Å². The first-order chi connectivity index (χ1) is 8.34. The van der Waals surface area contributed by atoms with E-state index >= 15 is 0 Å². The van der Waals surface area contributed by atoms with Gasteiger partial charge >= 0.3 is 0 Å². The fraction of sp³-hybridized carbons (Fsp3) is 0.333. The Bertz CT molecular complexity index is 529. The van der Waals surface area contributed by atoms with Crippen molar-refractivity contribution in [1.82, 2.24) is 4.90 Å². The smallest absolute Gasteiger partial charge is 0.0253 e. The van der Waals surface area contributed by atoms with Crippen molar-refractivity contribution in [3.05, 3.63) is 46.4 Å². The van der Waals surface area contributed by atoms with Gasteiger partial charge in [0.2, 0.25) is 0 Å². The van der Waals surface area contributed by atoms with E-state index in [-0.39, 0.29) is 0 Å². The predicted octanol–water partition coefficient (Wildman–Crippen LogP) is 4.20. The SMILES string of the molecule is Brc1ccc(CN2CCCC2)c2ccccc12. The lowest BCUT2D eigenvalue weighted by Gasteiger charge is -2.16. The number of rotatable bonds is 2. The Hall–Kier alpha value is -0.860. The Morgan fingerprint density at radius 2 is 1.65 bits per heavy atom. The molecule has 2 heteroatoms. The molecule has 1 saturated heterocycles. The highest BCUT2D eigenvalue weighted by atomic mass is 79.9. The zero-order valence-electron chi connectivity index (χ0n) is 9.82. The Labute approximate surface area is 111 Å². The summed E-state index contributed by atoms with van der Waals surface area (Å²) >= 11 is 3.63. The van der Waals surface area contributed by atoms with Gasteiger partial charge in [-0.25, -0.2) is 0 Å². The van der Waals surface area contributed by atoms with Gasteiger partial charge in [-0.2, -0.15) is 0 Å². The van der Waals surface area contributed by atoms with Gasteiger partial charge in [-0.1, -0.05) is 46.3 Å². The molecule has 0 radical (unpaired) electrons. The largest absolute Gasteiger partial charge is 0.299 e. The molecule has 0 N–H and O–H groups in total. The van der Waals surface area contributed by atoms with Crippen molar-refractivity contribution in [2.75, 3.05) is 13.1 Å². The van der Waals surface area contributed by atoms with E-state index in [2.05, 4.69) is 57.2 Å². The average molecular weight is 290 g/mol. The van der Waals surface area contributed by atoms with Crippen LogP contribution in [0.1, 0.15) is 18.4 Å². The van der Waals surface area contributed by atoms with E-state index in [9.17, 15) is 0 Å². The summed E-state index contributed by atoms with van der Waals surface area (Å²) in [6, 6.07) is 13.1. The first-order valence-electron chi connectivity index (χ1n) is 6.23. The molecule has 0 unspecified atom stereocenters. The predicted molar refractivity (Wildman–Crippen MR) is 76.2 cm³/mol. The lowest BCUT2D eigenvalue weighted by molar-refractivity contribution is 0.332. The van der Waals surface area contributed by atoms with Crippen LogP contribution in [0.4, 0.5) is 0 Å². The van der Waals surface area contributed by atoms with Crippen molar-refractivity contribution in [1.29, 1.82) is 0 Å². The molecule has 1 nitrogen and oxygen atoms in total. The summed E-state index contributed by atoms with van der Waals surface area (Å²) in [5.74, 6) is 0. The third-order valence-electron chi connectivity index (χ3n) is 3.55. The Balaban J connectivity index is 2.01. The summed E-state index contributed by atoms with van der Waals surface area (Å²) < 4.78 is 1.19. The zero-order valence-corrected chi connectivity index (χ0v) is 11.4. The van der Waals surface area contributed by atoms with Crippen molar-refractivity contribution < 1.29 is 0 Å². The number of hydrogen-bond acceptors (Lipinski definition) is 1. The first-order valence-corrected chi connectivity index (χ1v) is 7.02. The van der Waals surface area contributed by atoms with Gasteiger partial charge in [-0.3, -0.25) is 4.90 Å². The maximum absolute atomic E-state index is 3.63. The summed E-state index contributed by atoms with van der Waals surface area (Å²) in [5.41, 5.74) is 1.45. The van der Waals surface area contributed by atoms with Crippen LogP contribution in [0.5, 0.6) is 0 Å². The van der Waals surface area contributed by atoms with Gasteiger partial charge in [0, 0.05) is 11.0 Å². The summed E-state index contributed by atoms with van der Waals surface area (Å²) in [5, 5.41) is 2.71. The summed E-state index contributed by atoms with van der Waals surface area (Å²) in [6.45, 7) is 3.60. The Kier molecular flexibility index (Phi) is 3.17. The number of nitrogens with zero attached hydrogens (tertiary/aromatic N) is 1. The highest BCUT2D eigenvalue weighted by Crippen LogP contribution is 2.28. The quantitative estimate of drug-likeness (QED) is 0.801. The van der Waals surface area contributed by atoms with E-state index in [0.717, 1.165) is 6.54 Å². The fourth-order valence-electron chi connectivity index (χ4n) is 2.64. The Morgan fingerprint density at radius 1 is 0.941 bits per heavy atom. The maximum Gasteiger partial charge on any atom is 0.0253 e. The molecule has 2 aromatic carbocycles. The minimum absolute atomic E-state index is 1.09. The summed E-state index contributed by atoms with van der Waals surface area (Å²) in [6.07, 6.45) is 2.71. The van der Waals surface area contributed by atoms with E-state index in [1.807, 2.05) is 0 Å². The number of benzene rings is 2. The molecule has 0 aliphatic carbocycles. The van der Waals surface area contributed by atoms with Crippen LogP contribution in [0.15, 0.2) is 40.9 Å². The summed E-state index contributed by atoms with van der Waals surface area (Å²) in [7, 11) is 0. The monoisotopic (exact) mass is 289 g/mol. The van der Waals surface area contributed by atoms with Crippen LogP contribution in [0, 0.1) is 0 Å². The molecule has 0 amide bonds. The topological polar surface area (TPSA) is 3.24 Å². The molecule has 2 aromatic rings.